The molecule has 108 valence electrons. The monoisotopic (exact) mass is 330 g/mol. The highest BCUT2D eigenvalue weighted by Crippen LogP contribution is 2.00. The Morgan fingerprint density at radius 1 is 1.37 bits per heavy atom. The fourth-order valence-corrected chi connectivity index (χ4v) is 2.22. The predicted octanol–water partition coefficient (Wildman–Crippen LogP) is 1.25. The number of rotatable bonds is 8. The number of hydrogen-bond donors (Lipinski definition) is 1. The zero-order valence-corrected chi connectivity index (χ0v) is 13.5. The van der Waals surface area contributed by atoms with Crippen LogP contribution in [0, 0.1) is 6.92 Å². The van der Waals surface area contributed by atoms with Crippen molar-refractivity contribution < 1.29 is 0 Å². The Morgan fingerprint density at radius 2 is 2.05 bits per heavy atom. The van der Waals surface area contributed by atoms with Crippen LogP contribution in [0.2, 0.25) is 0 Å². The summed E-state index contributed by atoms with van der Waals surface area (Å²) in [7, 11) is 0. The van der Waals surface area contributed by atoms with Crippen molar-refractivity contribution in [3.63, 3.8) is 0 Å². The summed E-state index contributed by atoms with van der Waals surface area (Å²) >= 11 is 3.22. The number of nitrogens with one attached hydrogen (secondary N) is 1. The molecular weight excluding hydrogens is 308 g/mol. The Bertz CT molecular complexity index is 443. The second-order valence-corrected chi connectivity index (χ2v) is 5.24. The van der Waals surface area contributed by atoms with Crippen molar-refractivity contribution in [1.82, 2.24) is 19.8 Å². The molecule has 19 heavy (non-hydrogen) atoms. The number of likely N-dealkylation sites (N-methyl/N-ethyl adjacent to an activating group) is 1. The van der Waals surface area contributed by atoms with Gasteiger partial charge in [0.1, 0.15) is 10.3 Å². The molecule has 0 aliphatic heterocycles. The quantitative estimate of drug-likeness (QED) is 0.729. The summed E-state index contributed by atoms with van der Waals surface area (Å²) in [6.45, 7) is 11.7. The van der Waals surface area contributed by atoms with Gasteiger partial charge < -0.3 is 10.2 Å². The van der Waals surface area contributed by atoms with E-state index in [9.17, 15) is 4.79 Å². The summed E-state index contributed by atoms with van der Waals surface area (Å²) in [6.07, 6.45) is 1.56. The van der Waals surface area contributed by atoms with Crippen LogP contribution in [0.3, 0.4) is 0 Å². The third-order valence-corrected chi connectivity index (χ3v) is 3.76. The van der Waals surface area contributed by atoms with Crippen molar-refractivity contribution in [2.75, 3.05) is 32.7 Å². The van der Waals surface area contributed by atoms with Gasteiger partial charge in [-0.25, -0.2) is 4.98 Å². The molecule has 0 aliphatic carbocycles. The van der Waals surface area contributed by atoms with E-state index in [1.54, 1.807) is 10.8 Å². The van der Waals surface area contributed by atoms with Gasteiger partial charge in [0.15, 0.2) is 0 Å². The molecule has 5 nitrogen and oxygen atoms in total. The molecule has 0 amide bonds. The first-order valence-corrected chi connectivity index (χ1v) is 7.54. The van der Waals surface area contributed by atoms with Gasteiger partial charge in [-0.05, 0) is 35.9 Å². The van der Waals surface area contributed by atoms with E-state index < -0.39 is 0 Å². The predicted molar refractivity (Wildman–Crippen MR) is 81.6 cm³/mol. The maximum absolute atomic E-state index is 11.9. The maximum Gasteiger partial charge on any atom is 0.267 e. The van der Waals surface area contributed by atoms with E-state index in [0.29, 0.717) is 11.0 Å². The van der Waals surface area contributed by atoms with Crippen LogP contribution in [0.5, 0.6) is 0 Å². The zero-order chi connectivity index (χ0) is 14.3. The van der Waals surface area contributed by atoms with E-state index in [2.05, 4.69) is 45.0 Å². The highest BCUT2D eigenvalue weighted by Gasteiger charge is 2.04. The standard InChI is InChI=1S/C13H23BrN4O/c1-4-17(5-2)8-6-15-7-9-18-11(3)16-10-12(14)13(18)19/h10,15H,4-9H2,1-3H3. The van der Waals surface area contributed by atoms with Crippen molar-refractivity contribution in [3.05, 3.63) is 26.8 Å². The number of aromatic nitrogens is 2. The fourth-order valence-electron chi connectivity index (χ4n) is 1.91. The van der Waals surface area contributed by atoms with Crippen LogP contribution in [0.1, 0.15) is 19.7 Å². The molecule has 1 aromatic rings. The smallest absolute Gasteiger partial charge is 0.267 e. The van der Waals surface area contributed by atoms with Crippen molar-refractivity contribution in [2.24, 2.45) is 0 Å². The average Bonchev–Trinajstić information content (AvgIpc) is 2.42. The molecule has 0 aliphatic rings. The summed E-state index contributed by atoms with van der Waals surface area (Å²) in [5, 5.41) is 3.36. The SMILES string of the molecule is CCN(CC)CCNCCn1c(C)ncc(Br)c1=O. The zero-order valence-electron chi connectivity index (χ0n) is 11.9. The second-order valence-electron chi connectivity index (χ2n) is 4.39. The van der Waals surface area contributed by atoms with Gasteiger partial charge in [-0.3, -0.25) is 9.36 Å². The molecule has 6 heteroatoms. The van der Waals surface area contributed by atoms with Crippen molar-refractivity contribution >= 4 is 15.9 Å². The third-order valence-electron chi connectivity index (χ3n) is 3.22. The molecule has 1 N–H and O–H groups in total. The molecular formula is C13H23BrN4O. The van der Waals surface area contributed by atoms with Crippen molar-refractivity contribution in [2.45, 2.75) is 27.3 Å². The van der Waals surface area contributed by atoms with Crippen LogP contribution in [-0.2, 0) is 6.54 Å². The molecule has 1 rings (SSSR count). The molecule has 1 aromatic heterocycles. The molecule has 0 atom stereocenters. The topological polar surface area (TPSA) is 50.2 Å². The van der Waals surface area contributed by atoms with Gasteiger partial charge in [0, 0.05) is 32.4 Å². The van der Waals surface area contributed by atoms with E-state index in [-0.39, 0.29) is 5.56 Å². The Labute approximate surface area is 123 Å². The second kappa shape index (κ2) is 8.45. The van der Waals surface area contributed by atoms with Gasteiger partial charge in [-0.1, -0.05) is 13.8 Å². The van der Waals surface area contributed by atoms with Crippen molar-refractivity contribution in [3.8, 4) is 0 Å². The summed E-state index contributed by atoms with van der Waals surface area (Å²) in [5.74, 6) is 0.749. The number of nitrogens with zero attached hydrogens (tertiary/aromatic N) is 3. The molecule has 0 saturated carbocycles. The molecule has 0 saturated heterocycles. The van der Waals surface area contributed by atoms with E-state index in [4.69, 9.17) is 0 Å². The first-order chi connectivity index (χ1) is 9.10. The van der Waals surface area contributed by atoms with Crippen LogP contribution in [0.15, 0.2) is 15.5 Å². The Balaban J connectivity index is 2.38. The van der Waals surface area contributed by atoms with Gasteiger partial charge >= 0.3 is 0 Å². The molecule has 0 unspecified atom stereocenters. The van der Waals surface area contributed by atoms with Gasteiger partial charge in [0.25, 0.3) is 5.56 Å². The van der Waals surface area contributed by atoms with Crippen LogP contribution in [0.4, 0.5) is 0 Å². The molecule has 0 bridgehead atoms. The molecule has 0 radical (unpaired) electrons. The molecule has 0 aromatic carbocycles. The summed E-state index contributed by atoms with van der Waals surface area (Å²) in [6, 6.07) is 0. The highest BCUT2D eigenvalue weighted by atomic mass is 79.9. The highest BCUT2D eigenvalue weighted by molar-refractivity contribution is 9.10. The Kier molecular flexibility index (Phi) is 7.27. The van der Waals surface area contributed by atoms with Gasteiger partial charge in [-0.2, -0.15) is 0 Å². The first kappa shape index (κ1) is 16.3. The van der Waals surface area contributed by atoms with E-state index in [0.717, 1.165) is 38.5 Å². The van der Waals surface area contributed by atoms with Crippen LogP contribution in [-0.4, -0.2) is 47.2 Å². The molecule has 1 heterocycles. The fraction of sp³-hybridized carbons (Fsp3) is 0.692. The molecule has 0 fully saturated rings. The minimum absolute atomic E-state index is 0.0157. The Morgan fingerprint density at radius 3 is 2.68 bits per heavy atom. The minimum atomic E-state index is -0.0157. The number of aryl methyl sites for hydroxylation is 1. The lowest BCUT2D eigenvalue weighted by Gasteiger charge is -2.18. The largest absolute Gasteiger partial charge is 0.314 e. The normalized spacial score (nSPS) is 11.2. The third kappa shape index (κ3) is 5.04. The lowest BCUT2D eigenvalue weighted by Crippen LogP contribution is -2.35. The van der Waals surface area contributed by atoms with E-state index in [1.165, 1.54) is 0 Å². The maximum atomic E-state index is 11.9. The summed E-state index contributed by atoms with van der Waals surface area (Å²) < 4.78 is 2.20. The summed E-state index contributed by atoms with van der Waals surface area (Å²) in [5.41, 5.74) is -0.0157. The van der Waals surface area contributed by atoms with Gasteiger partial charge in [0.2, 0.25) is 0 Å². The van der Waals surface area contributed by atoms with Gasteiger partial charge in [-0.15, -0.1) is 0 Å². The van der Waals surface area contributed by atoms with Crippen molar-refractivity contribution in [1.29, 1.82) is 0 Å². The minimum Gasteiger partial charge on any atom is -0.314 e. The lowest BCUT2D eigenvalue weighted by molar-refractivity contribution is 0.301. The Hall–Kier alpha value is -0.720. The van der Waals surface area contributed by atoms with Crippen LogP contribution in [0.25, 0.3) is 0 Å². The number of halogens is 1. The summed E-state index contributed by atoms with van der Waals surface area (Å²) in [4.78, 5) is 18.4. The van der Waals surface area contributed by atoms with E-state index >= 15 is 0 Å². The lowest BCUT2D eigenvalue weighted by atomic mass is 10.4. The number of hydrogen-bond acceptors (Lipinski definition) is 4. The van der Waals surface area contributed by atoms with E-state index in [1.807, 2.05) is 6.92 Å². The first-order valence-electron chi connectivity index (χ1n) is 6.75. The van der Waals surface area contributed by atoms with Crippen LogP contribution < -0.4 is 10.9 Å². The molecule has 0 spiro atoms. The average molecular weight is 331 g/mol. The van der Waals surface area contributed by atoms with Gasteiger partial charge in [0.05, 0.1) is 0 Å². The van der Waals surface area contributed by atoms with Crippen LogP contribution >= 0.6 is 15.9 Å².